The molecule has 0 saturated carbocycles. The Bertz CT molecular complexity index is 162. The highest BCUT2D eigenvalue weighted by Crippen LogP contribution is 2.02. The minimum atomic E-state index is -0.746. The molecule has 0 aromatic rings. The molecule has 0 spiro atoms. The summed E-state index contributed by atoms with van der Waals surface area (Å²) in [5.74, 6) is 5.10. The lowest BCUT2D eigenvalue weighted by Gasteiger charge is -1.98. The first-order valence-electron chi connectivity index (χ1n) is 3.31. The Labute approximate surface area is 61.2 Å². The second kappa shape index (κ2) is 4.87. The smallest absolute Gasteiger partial charge is 0.303 e. The Kier molecular flexibility index (Phi) is 4.39. The number of hydrogen-bond acceptors (Lipinski definition) is 1. The molecular formula is C8H12O2. The topological polar surface area (TPSA) is 37.3 Å². The summed E-state index contributed by atoms with van der Waals surface area (Å²) in [7, 11) is 0. The van der Waals surface area contributed by atoms with Crippen molar-refractivity contribution in [1.82, 2.24) is 0 Å². The van der Waals surface area contributed by atoms with E-state index in [1.807, 2.05) is 6.92 Å². The van der Waals surface area contributed by atoms with Gasteiger partial charge in [-0.1, -0.05) is 6.92 Å². The van der Waals surface area contributed by atoms with Crippen molar-refractivity contribution < 1.29 is 9.90 Å². The van der Waals surface area contributed by atoms with Gasteiger partial charge in [0.15, 0.2) is 0 Å². The van der Waals surface area contributed by atoms with Gasteiger partial charge >= 0.3 is 5.97 Å². The van der Waals surface area contributed by atoms with Crippen LogP contribution in [0.15, 0.2) is 0 Å². The molecule has 0 aliphatic heterocycles. The molecule has 0 radical (unpaired) electrons. The molecule has 1 N–H and O–H groups in total. The summed E-state index contributed by atoms with van der Waals surface area (Å²) in [6, 6.07) is 0. The highest BCUT2D eigenvalue weighted by molar-refractivity contribution is 5.66. The van der Waals surface area contributed by atoms with Crippen LogP contribution >= 0.6 is 0 Å². The van der Waals surface area contributed by atoms with Crippen molar-refractivity contribution >= 4 is 5.97 Å². The van der Waals surface area contributed by atoms with Crippen molar-refractivity contribution in [3.05, 3.63) is 0 Å². The molecule has 56 valence electrons. The summed E-state index contributed by atoms with van der Waals surface area (Å²) in [6.45, 7) is 3.69. The largest absolute Gasteiger partial charge is 0.481 e. The monoisotopic (exact) mass is 140 g/mol. The average molecular weight is 140 g/mol. The van der Waals surface area contributed by atoms with Crippen LogP contribution in [0.2, 0.25) is 0 Å². The van der Waals surface area contributed by atoms with E-state index in [1.54, 1.807) is 6.92 Å². The lowest BCUT2D eigenvalue weighted by molar-refractivity contribution is -0.137. The maximum atomic E-state index is 10.1. The molecule has 0 fully saturated rings. The standard InChI is InChI=1S/C8H12O2/c1-3-4-7(2)5-6-8(9)10/h7H,5-6H2,1-2H3,(H,9,10). The molecule has 0 bridgehead atoms. The van der Waals surface area contributed by atoms with Gasteiger partial charge in [0.05, 0.1) is 0 Å². The van der Waals surface area contributed by atoms with Gasteiger partial charge in [0.25, 0.3) is 0 Å². The minimum Gasteiger partial charge on any atom is -0.481 e. The van der Waals surface area contributed by atoms with Crippen molar-refractivity contribution in [3.8, 4) is 11.8 Å². The normalized spacial score (nSPS) is 11.4. The van der Waals surface area contributed by atoms with Crippen LogP contribution in [0.25, 0.3) is 0 Å². The van der Waals surface area contributed by atoms with E-state index in [4.69, 9.17) is 5.11 Å². The fourth-order valence-electron chi connectivity index (χ4n) is 0.659. The van der Waals surface area contributed by atoms with Crippen molar-refractivity contribution in [2.45, 2.75) is 26.7 Å². The van der Waals surface area contributed by atoms with Crippen molar-refractivity contribution in [2.24, 2.45) is 5.92 Å². The molecule has 2 nitrogen and oxygen atoms in total. The van der Waals surface area contributed by atoms with E-state index in [0.717, 1.165) is 0 Å². The average Bonchev–Trinajstić information content (AvgIpc) is 1.85. The lowest BCUT2D eigenvalue weighted by atomic mass is 10.1. The quantitative estimate of drug-likeness (QED) is 0.603. The summed E-state index contributed by atoms with van der Waals surface area (Å²) >= 11 is 0. The van der Waals surface area contributed by atoms with E-state index in [2.05, 4.69) is 11.8 Å². The molecule has 2 heteroatoms. The summed E-state index contributed by atoms with van der Waals surface area (Å²) in [5, 5.41) is 8.28. The van der Waals surface area contributed by atoms with Crippen LogP contribution < -0.4 is 0 Å². The van der Waals surface area contributed by atoms with E-state index in [9.17, 15) is 4.79 Å². The van der Waals surface area contributed by atoms with Crippen LogP contribution in [0.4, 0.5) is 0 Å². The number of carbonyl (C=O) groups is 1. The van der Waals surface area contributed by atoms with Crippen LogP contribution in [0.3, 0.4) is 0 Å². The third-order valence-electron chi connectivity index (χ3n) is 1.18. The molecule has 1 unspecified atom stereocenters. The van der Waals surface area contributed by atoms with E-state index in [-0.39, 0.29) is 12.3 Å². The zero-order chi connectivity index (χ0) is 7.98. The van der Waals surface area contributed by atoms with Gasteiger partial charge in [-0.3, -0.25) is 4.79 Å². The molecule has 1 atom stereocenters. The highest BCUT2D eigenvalue weighted by atomic mass is 16.4. The summed E-state index contributed by atoms with van der Waals surface area (Å²) in [5.41, 5.74) is 0. The molecule has 0 aliphatic carbocycles. The maximum Gasteiger partial charge on any atom is 0.303 e. The van der Waals surface area contributed by atoms with E-state index < -0.39 is 5.97 Å². The van der Waals surface area contributed by atoms with Crippen molar-refractivity contribution in [2.75, 3.05) is 0 Å². The zero-order valence-electron chi connectivity index (χ0n) is 6.35. The molecule has 0 amide bonds. The molecule has 0 rings (SSSR count). The van der Waals surface area contributed by atoms with Gasteiger partial charge < -0.3 is 5.11 Å². The fourth-order valence-corrected chi connectivity index (χ4v) is 0.659. The van der Waals surface area contributed by atoms with Crippen LogP contribution in [0, 0.1) is 17.8 Å². The predicted molar refractivity (Wildman–Crippen MR) is 39.5 cm³/mol. The van der Waals surface area contributed by atoms with Crippen LogP contribution in [-0.2, 0) is 4.79 Å². The van der Waals surface area contributed by atoms with Crippen LogP contribution in [0.5, 0.6) is 0 Å². The Balaban J connectivity index is 3.46. The molecule has 0 saturated heterocycles. The molecule has 0 aromatic heterocycles. The lowest BCUT2D eigenvalue weighted by Crippen LogP contribution is -1.98. The van der Waals surface area contributed by atoms with Gasteiger partial charge in [0.1, 0.15) is 0 Å². The molecule has 0 aliphatic rings. The van der Waals surface area contributed by atoms with Gasteiger partial charge in [-0.15, -0.1) is 11.8 Å². The third-order valence-corrected chi connectivity index (χ3v) is 1.18. The first kappa shape index (κ1) is 9.03. The zero-order valence-corrected chi connectivity index (χ0v) is 6.35. The summed E-state index contributed by atoms with van der Waals surface area (Å²) < 4.78 is 0. The first-order chi connectivity index (χ1) is 4.66. The van der Waals surface area contributed by atoms with Gasteiger partial charge in [-0.2, -0.15) is 0 Å². The van der Waals surface area contributed by atoms with E-state index in [0.29, 0.717) is 6.42 Å². The minimum absolute atomic E-state index is 0.209. The number of carboxylic acid groups (broad SMARTS) is 1. The maximum absolute atomic E-state index is 10.1. The molecular weight excluding hydrogens is 128 g/mol. The van der Waals surface area contributed by atoms with E-state index in [1.165, 1.54) is 0 Å². The number of carboxylic acids is 1. The number of hydrogen-bond donors (Lipinski definition) is 1. The Morgan fingerprint density at radius 1 is 1.70 bits per heavy atom. The third kappa shape index (κ3) is 5.17. The second-order valence-corrected chi connectivity index (χ2v) is 2.23. The molecule has 0 heterocycles. The van der Waals surface area contributed by atoms with Gasteiger partial charge in [-0.05, 0) is 13.3 Å². The van der Waals surface area contributed by atoms with Crippen molar-refractivity contribution in [3.63, 3.8) is 0 Å². The number of aliphatic carboxylic acids is 1. The first-order valence-corrected chi connectivity index (χ1v) is 3.31. The van der Waals surface area contributed by atoms with Crippen LogP contribution in [-0.4, -0.2) is 11.1 Å². The Hall–Kier alpha value is -0.970. The molecule has 10 heavy (non-hydrogen) atoms. The van der Waals surface area contributed by atoms with Crippen molar-refractivity contribution in [1.29, 1.82) is 0 Å². The number of rotatable bonds is 3. The summed E-state index contributed by atoms with van der Waals surface area (Å²) in [6.07, 6.45) is 0.867. The Morgan fingerprint density at radius 2 is 2.30 bits per heavy atom. The predicted octanol–water partition coefficient (Wildman–Crippen LogP) is 1.51. The van der Waals surface area contributed by atoms with Gasteiger partial charge in [0, 0.05) is 12.3 Å². The van der Waals surface area contributed by atoms with Crippen LogP contribution in [0.1, 0.15) is 26.7 Å². The molecule has 0 aromatic carbocycles. The highest BCUT2D eigenvalue weighted by Gasteiger charge is 2.00. The van der Waals surface area contributed by atoms with Gasteiger partial charge in [0.2, 0.25) is 0 Å². The Morgan fingerprint density at radius 3 is 2.70 bits per heavy atom. The second-order valence-electron chi connectivity index (χ2n) is 2.23. The fraction of sp³-hybridized carbons (Fsp3) is 0.625. The summed E-state index contributed by atoms with van der Waals surface area (Å²) in [4.78, 5) is 10.1. The SMILES string of the molecule is CC#CC(C)CCC(=O)O. The van der Waals surface area contributed by atoms with E-state index >= 15 is 0 Å². The van der Waals surface area contributed by atoms with Gasteiger partial charge in [-0.25, -0.2) is 0 Å².